The predicted molar refractivity (Wildman–Crippen MR) is 158 cm³/mol. The van der Waals surface area contributed by atoms with Crippen molar-refractivity contribution in [3.63, 3.8) is 0 Å². The number of carbonyl (C=O) groups excluding carboxylic acids is 1. The number of non-ortho nitro benzene ring substituents is 1. The molecule has 0 amide bonds. The number of nitrogens with zero attached hydrogens (tertiary/aromatic N) is 3. The quantitative estimate of drug-likeness (QED) is 0.149. The molecule has 0 N–H and O–H groups in total. The number of carbonyl (C=O) groups is 1. The molecule has 10 nitrogen and oxygen atoms in total. The predicted octanol–water partition coefficient (Wildman–Crippen LogP) is 5.41. The van der Waals surface area contributed by atoms with Crippen molar-refractivity contribution in [2.24, 2.45) is 4.99 Å². The molecule has 5 rings (SSSR count). The lowest BCUT2D eigenvalue weighted by atomic mass is 9.95. The number of rotatable bonds is 8. The zero-order valence-electron chi connectivity index (χ0n) is 23.1. The number of furan rings is 1. The Morgan fingerprint density at radius 2 is 2.00 bits per heavy atom. The van der Waals surface area contributed by atoms with Crippen LogP contribution >= 0.6 is 22.9 Å². The van der Waals surface area contributed by atoms with Crippen LogP contribution in [0.3, 0.4) is 0 Å². The summed E-state index contributed by atoms with van der Waals surface area (Å²) in [4.78, 5) is 42.9. The smallest absolute Gasteiger partial charge is 0.338 e. The van der Waals surface area contributed by atoms with Gasteiger partial charge in [0.2, 0.25) is 0 Å². The molecule has 1 aliphatic heterocycles. The number of benzene rings is 2. The Morgan fingerprint density at radius 1 is 1.24 bits per heavy atom. The van der Waals surface area contributed by atoms with E-state index in [1.54, 1.807) is 38.1 Å². The van der Waals surface area contributed by atoms with Crippen LogP contribution in [0, 0.1) is 10.1 Å². The molecule has 1 atom stereocenters. The van der Waals surface area contributed by atoms with Crippen LogP contribution in [0.2, 0.25) is 5.02 Å². The van der Waals surface area contributed by atoms with Crippen molar-refractivity contribution in [1.29, 1.82) is 0 Å². The number of thiazole rings is 1. The number of fused-ring (bicyclic) bond motifs is 1. The van der Waals surface area contributed by atoms with Crippen molar-refractivity contribution < 1.29 is 23.6 Å². The highest BCUT2D eigenvalue weighted by Crippen LogP contribution is 2.36. The zero-order chi connectivity index (χ0) is 30.1. The summed E-state index contributed by atoms with van der Waals surface area (Å²) in [5.41, 5.74) is 1.14. The van der Waals surface area contributed by atoms with E-state index >= 15 is 0 Å². The number of para-hydroxylation sites is 1. The summed E-state index contributed by atoms with van der Waals surface area (Å²) in [6, 6.07) is 13.8. The lowest BCUT2D eigenvalue weighted by molar-refractivity contribution is -0.384. The maximum Gasteiger partial charge on any atom is 0.338 e. The average molecular weight is 608 g/mol. The average Bonchev–Trinajstić information content (AvgIpc) is 3.52. The first-order valence-corrected chi connectivity index (χ1v) is 14.3. The van der Waals surface area contributed by atoms with Crippen molar-refractivity contribution in [2.75, 3.05) is 6.61 Å². The number of hydrogen-bond donors (Lipinski definition) is 0. The van der Waals surface area contributed by atoms with Gasteiger partial charge in [-0.2, -0.15) is 0 Å². The third-order valence-electron chi connectivity index (χ3n) is 6.42. The summed E-state index contributed by atoms with van der Waals surface area (Å²) < 4.78 is 19.1. The fourth-order valence-electron chi connectivity index (χ4n) is 4.67. The van der Waals surface area contributed by atoms with Crippen molar-refractivity contribution in [3.8, 4) is 17.1 Å². The van der Waals surface area contributed by atoms with Gasteiger partial charge in [-0.25, -0.2) is 9.79 Å². The molecular formula is C30H26ClN3O7S. The van der Waals surface area contributed by atoms with Crippen LogP contribution in [-0.2, 0) is 9.53 Å². The number of aromatic nitrogens is 1. The second-order valence-corrected chi connectivity index (χ2v) is 11.0. The van der Waals surface area contributed by atoms with Crippen molar-refractivity contribution in [2.45, 2.75) is 39.8 Å². The van der Waals surface area contributed by atoms with Crippen LogP contribution in [0.25, 0.3) is 17.4 Å². The van der Waals surface area contributed by atoms with Crippen LogP contribution in [0.5, 0.6) is 5.75 Å². The van der Waals surface area contributed by atoms with Gasteiger partial charge in [0.05, 0.1) is 38.5 Å². The Kier molecular flexibility index (Phi) is 8.15. The molecule has 2 aromatic carbocycles. The summed E-state index contributed by atoms with van der Waals surface area (Å²) in [6.07, 6.45) is 1.42. The molecule has 0 radical (unpaired) electrons. The van der Waals surface area contributed by atoms with Crippen molar-refractivity contribution in [3.05, 3.63) is 112 Å². The highest BCUT2D eigenvalue weighted by atomic mass is 35.5. The monoisotopic (exact) mass is 607 g/mol. The highest BCUT2D eigenvalue weighted by molar-refractivity contribution is 7.07. The molecule has 0 saturated carbocycles. The van der Waals surface area contributed by atoms with E-state index in [1.807, 2.05) is 32.0 Å². The van der Waals surface area contributed by atoms with E-state index in [2.05, 4.69) is 4.99 Å². The van der Waals surface area contributed by atoms with E-state index in [0.29, 0.717) is 43.4 Å². The molecule has 1 aliphatic rings. The summed E-state index contributed by atoms with van der Waals surface area (Å²) in [7, 11) is 0. The second kappa shape index (κ2) is 11.8. The van der Waals surface area contributed by atoms with Crippen molar-refractivity contribution in [1.82, 2.24) is 4.57 Å². The minimum Gasteiger partial charge on any atom is -0.491 e. The molecule has 0 saturated heterocycles. The van der Waals surface area contributed by atoms with E-state index in [4.69, 9.17) is 25.5 Å². The van der Waals surface area contributed by atoms with Gasteiger partial charge >= 0.3 is 5.97 Å². The van der Waals surface area contributed by atoms with Gasteiger partial charge in [0, 0.05) is 29.3 Å². The summed E-state index contributed by atoms with van der Waals surface area (Å²) in [5, 5.41) is 11.5. The van der Waals surface area contributed by atoms with Crippen LogP contribution in [-0.4, -0.2) is 28.2 Å². The molecule has 0 aliphatic carbocycles. The van der Waals surface area contributed by atoms with Crippen LogP contribution in [0.4, 0.5) is 5.69 Å². The maximum atomic E-state index is 13.9. The van der Waals surface area contributed by atoms with Gasteiger partial charge in [-0.05, 0) is 52.0 Å². The number of esters is 1. The van der Waals surface area contributed by atoms with E-state index in [9.17, 15) is 19.7 Å². The lowest BCUT2D eigenvalue weighted by Crippen LogP contribution is -2.40. The molecular weight excluding hydrogens is 582 g/mol. The number of hydrogen-bond acceptors (Lipinski definition) is 9. The summed E-state index contributed by atoms with van der Waals surface area (Å²) in [5.74, 6) is 0.607. The van der Waals surface area contributed by atoms with Gasteiger partial charge in [-0.1, -0.05) is 41.1 Å². The number of nitro groups is 1. The van der Waals surface area contributed by atoms with Crippen LogP contribution in [0.1, 0.15) is 45.1 Å². The molecule has 0 bridgehead atoms. The molecule has 4 aromatic rings. The van der Waals surface area contributed by atoms with Gasteiger partial charge in [-0.3, -0.25) is 19.5 Å². The Labute approximate surface area is 248 Å². The Balaban J connectivity index is 1.65. The SMILES string of the molecule is CCOC(=O)C1=C(C)N=c2s/c(=C/c3ccc(-c4cc([N+](=O)[O-])ccc4Cl)o3)c(=O)n2[C@H]1c1ccccc1OC(C)C. The fraction of sp³-hybridized carbons (Fsp3) is 0.233. The van der Waals surface area contributed by atoms with Gasteiger partial charge < -0.3 is 13.9 Å². The van der Waals surface area contributed by atoms with Gasteiger partial charge in [0.1, 0.15) is 23.3 Å². The number of allylic oxidation sites excluding steroid dienone is 1. The lowest BCUT2D eigenvalue weighted by Gasteiger charge is -2.26. The third-order valence-corrected chi connectivity index (χ3v) is 7.73. The molecule has 3 heterocycles. The van der Waals surface area contributed by atoms with Crippen LogP contribution < -0.4 is 19.6 Å². The normalized spacial score (nSPS) is 15.0. The Bertz CT molecular complexity index is 1920. The van der Waals surface area contributed by atoms with Crippen LogP contribution in [0.15, 0.2) is 80.1 Å². The van der Waals surface area contributed by atoms with E-state index < -0.39 is 16.9 Å². The van der Waals surface area contributed by atoms with E-state index in [-0.39, 0.29) is 34.6 Å². The van der Waals surface area contributed by atoms with Gasteiger partial charge in [0.15, 0.2) is 4.80 Å². The standard InChI is InChI=1S/C30H26ClN3O7S/c1-5-39-29(36)26-17(4)32-30-33(27(26)20-8-6-7-9-23(20)40-16(2)3)28(35)25(42-30)15-19-11-13-24(41-19)21-14-18(34(37)38)10-12-22(21)31/h6-16,27H,5H2,1-4H3/b25-15+/t27-/m0/s1. The maximum absolute atomic E-state index is 13.9. The number of nitro benzene ring substituents is 1. The van der Waals surface area contributed by atoms with Crippen molar-refractivity contribution >= 4 is 40.7 Å². The molecule has 216 valence electrons. The minimum atomic E-state index is -0.840. The minimum absolute atomic E-state index is 0.129. The molecule has 42 heavy (non-hydrogen) atoms. The second-order valence-electron chi connectivity index (χ2n) is 9.63. The van der Waals surface area contributed by atoms with E-state index in [1.165, 1.54) is 22.8 Å². The summed E-state index contributed by atoms with van der Waals surface area (Å²) in [6.45, 7) is 7.38. The third kappa shape index (κ3) is 5.53. The molecule has 12 heteroatoms. The molecule has 0 fully saturated rings. The number of halogens is 1. The molecule has 0 unspecified atom stereocenters. The van der Waals surface area contributed by atoms with Gasteiger partial charge in [-0.15, -0.1) is 0 Å². The highest BCUT2D eigenvalue weighted by Gasteiger charge is 2.35. The first kappa shape index (κ1) is 29.0. The first-order chi connectivity index (χ1) is 20.1. The Morgan fingerprint density at radius 3 is 2.71 bits per heavy atom. The summed E-state index contributed by atoms with van der Waals surface area (Å²) >= 11 is 7.43. The van der Waals surface area contributed by atoms with Gasteiger partial charge in [0.25, 0.3) is 11.2 Å². The number of ether oxygens (including phenoxy) is 2. The molecule has 0 spiro atoms. The van der Waals surface area contributed by atoms with E-state index in [0.717, 1.165) is 11.3 Å². The fourth-order valence-corrected chi connectivity index (χ4v) is 5.91. The topological polar surface area (TPSA) is 126 Å². The molecule has 2 aromatic heterocycles. The largest absolute Gasteiger partial charge is 0.491 e. The zero-order valence-corrected chi connectivity index (χ0v) is 24.7. The Hall–Kier alpha value is -4.48. The first-order valence-electron chi connectivity index (χ1n) is 13.1.